The number of carbonyl (C=O) groups excluding carboxylic acids is 2. The zero-order valence-corrected chi connectivity index (χ0v) is 19.3. The first-order valence-corrected chi connectivity index (χ1v) is 12.5. The van der Waals surface area contributed by atoms with Gasteiger partial charge in [0.05, 0.1) is 27.5 Å². The number of carbonyl (C=O) groups is 2. The lowest BCUT2D eigenvalue weighted by Crippen LogP contribution is -2.23. The zero-order valence-electron chi connectivity index (χ0n) is 17.7. The van der Waals surface area contributed by atoms with Crippen molar-refractivity contribution >= 4 is 43.3 Å². The van der Waals surface area contributed by atoms with E-state index in [2.05, 4.69) is 4.99 Å². The summed E-state index contributed by atoms with van der Waals surface area (Å²) >= 11 is 1.07. The van der Waals surface area contributed by atoms with Crippen molar-refractivity contribution in [3.63, 3.8) is 0 Å². The van der Waals surface area contributed by atoms with Crippen molar-refractivity contribution in [3.05, 3.63) is 58.6 Å². The summed E-state index contributed by atoms with van der Waals surface area (Å²) in [7, 11) is -3.50. The number of aromatic nitrogens is 1. The summed E-state index contributed by atoms with van der Waals surface area (Å²) < 4.78 is 45.5. The predicted octanol–water partition coefficient (Wildman–Crippen LogP) is 3.39. The van der Waals surface area contributed by atoms with E-state index < -0.39 is 27.5 Å². The van der Waals surface area contributed by atoms with Gasteiger partial charge in [0.15, 0.2) is 14.6 Å². The fourth-order valence-corrected chi connectivity index (χ4v) is 5.44. The number of halogens is 1. The van der Waals surface area contributed by atoms with Crippen molar-refractivity contribution in [2.24, 2.45) is 4.99 Å². The Balaban J connectivity index is 1.78. The molecule has 0 saturated carbocycles. The van der Waals surface area contributed by atoms with Crippen LogP contribution in [0.25, 0.3) is 10.2 Å². The zero-order chi connectivity index (χ0) is 23.3. The first kappa shape index (κ1) is 23.8. The number of esters is 1. The van der Waals surface area contributed by atoms with Crippen molar-refractivity contribution in [1.29, 1.82) is 0 Å². The third-order valence-electron chi connectivity index (χ3n) is 4.64. The quantitative estimate of drug-likeness (QED) is 0.463. The molecule has 0 radical (unpaired) electrons. The Morgan fingerprint density at radius 1 is 1.16 bits per heavy atom. The van der Waals surface area contributed by atoms with E-state index in [0.717, 1.165) is 16.9 Å². The average Bonchev–Trinajstić information content (AvgIpc) is 3.04. The molecule has 1 heterocycles. The van der Waals surface area contributed by atoms with Crippen molar-refractivity contribution in [2.75, 3.05) is 12.4 Å². The molecule has 0 fully saturated rings. The van der Waals surface area contributed by atoms with Crippen LogP contribution in [-0.2, 0) is 30.7 Å². The maximum absolute atomic E-state index is 13.6. The van der Waals surface area contributed by atoms with Gasteiger partial charge in [-0.05, 0) is 50.6 Å². The van der Waals surface area contributed by atoms with Crippen molar-refractivity contribution in [2.45, 2.75) is 38.1 Å². The molecule has 10 heteroatoms. The van der Waals surface area contributed by atoms with Crippen molar-refractivity contribution in [1.82, 2.24) is 4.57 Å². The number of benzene rings is 2. The molecule has 0 aliphatic heterocycles. The summed E-state index contributed by atoms with van der Waals surface area (Å²) in [4.78, 5) is 28.9. The molecule has 1 aromatic heterocycles. The molecule has 7 nitrogen and oxygen atoms in total. The maximum Gasteiger partial charge on any atom is 0.326 e. The first-order valence-electron chi connectivity index (χ1n) is 10.0. The summed E-state index contributed by atoms with van der Waals surface area (Å²) in [5.41, 5.74) is 1.51. The number of thiazole rings is 1. The monoisotopic (exact) mass is 478 g/mol. The largest absolute Gasteiger partial charge is 0.465 e. The number of fused-ring (bicyclic) bond motifs is 1. The van der Waals surface area contributed by atoms with Gasteiger partial charge in [0.1, 0.15) is 12.4 Å². The van der Waals surface area contributed by atoms with Gasteiger partial charge in [-0.15, -0.1) is 0 Å². The van der Waals surface area contributed by atoms with Crippen LogP contribution < -0.4 is 4.80 Å². The van der Waals surface area contributed by atoms with Gasteiger partial charge in [-0.25, -0.2) is 12.8 Å². The van der Waals surface area contributed by atoms with Crippen LogP contribution in [0.5, 0.6) is 0 Å². The molecule has 0 atom stereocenters. The Morgan fingerprint density at radius 2 is 1.88 bits per heavy atom. The predicted molar refractivity (Wildman–Crippen MR) is 119 cm³/mol. The van der Waals surface area contributed by atoms with E-state index in [4.69, 9.17) is 4.74 Å². The van der Waals surface area contributed by atoms with Gasteiger partial charge in [0.2, 0.25) is 5.91 Å². The average molecular weight is 479 g/mol. The second-order valence-corrected chi connectivity index (χ2v) is 10.2. The second-order valence-electron chi connectivity index (χ2n) is 7.13. The van der Waals surface area contributed by atoms with E-state index in [1.165, 1.54) is 22.8 Å². The molecule has 1 amide bonds. The lowest BCUT2D eigenvalue weighted by molar-refractivity contribution is -0.143. The van der Waals surface area contributed by atoms with E-state index in [1.807, 2.05) is 6.92 Å². The van der Waals surface area contributed by atoms with E-state index in [0.29, 0.717) is 10.2 Å². The van der Waals surface area contributed by atoms with Gasteiger partial charge in [-0.2, -0.15) is 4.99 Å². The molecule has 0 saturated heterocycles. The Morgan fingerprint density at radius 3 is 2.56 bits per heavy atom. The van der Waals surface area contributed by atoms with Crippen LogP contribution in [0.2, 0.25) is 0 Å². The van der Waals surface area contributed by atoms with Crippen LogP contribution in [0.1, 0.15) is 25.3 Å². The Hall–Kier alpha value is -2.85. The molecule has 3 rings (SSSR count). The molecule has 0 spiro atoms. The van der Waals surface area contributed by atoms with E-state index in [9.17, 15) is 22.4 Å². The second kappa shape index (κ2) is 10.2. The van der Waals surface area contributed by atoms with Gasteiger partial charge in [-0.1, -0.05) is 29.0 Å². The summed E-state index contributed by atoms with van der Waals surface area (Å²) in [5, 5.41) is 0. The molecule has 0 aliphatic rings. The van der Waals surface area contributed by atoms with E-state index in [-0.39, 0.29) is 41.4 Å². The first-order chi connectivity index (χ1) is 15.2. The third kappa shape index (κ3) is 5.89. The number of rotatable bonds is 8. The third-order valence-corrected chi connectivity index (χ3v) is 7.50. The minimum absolute atomic E-state index is 0.0763. The maximum atomic E-state index is 13.6. The lowest BCUT2D eigenvalue weighted by atomic mass is 10.2. The highest BCUT2D eigenvalue weighted by Crippen LogP contribution is 2.19. The summed E-state index contributed by atoms with van der Waals surface area (Å²) in [6.45, 7) is 3.58. The highest BCUT2D eigenvalue weighted by atomic mass is 32.2. The molecular weight excluding hydrogens is 455 g/mol. The van der Waals surface area contributed by atoms with Gasteiger partial charge in [0.25, 0.3) is 0 Å². The Bertz CT molecular complexity index is 1310. The number of sulfone groups is 1. The molecule has 0 aliphatic carbocycles. The minimum Gasteiger partial charge on any atom is -0.465 e. The fourth-order valence-electron chi connectivity index (χ4n) is 3.06. The Kier molecular flexibility index (Phi) is 7.57. The molecule has 0 unspecified atom stereocenters. The highest BCUT2D eigenvalue weighted by molar-refractivity contribution is 7.91. The molecule has 3 aromatic rings. The van der Waals surface area contributed by atoms with Crippen LogP contribution in [0, 0.1) is 12.7 Å². The molecule has 2 aromatic carbocycles. The smallest absolute Gasteiger partial charge is 0.326 e. The number of nitrogens with zero attached hydrogens (tertiary/aromatic N) is 2. The molecule has 170 valence electrons. The SMILES string of the molecule is CCOC(=O)Cn1c(=NC(=O)CCCS(=O)(=O)c2ccc(C)cc2)sc2cc(F)ccc21. The lowest BCUT2D eigenvalue weighted by Gasteiger charge is -2.05. The van der Waals surface area contributed by atoms with Crippen LogP contribution in [-0.4, -0.2) is 37.2 Å². The molecule has 32 heavy (non-hydrogen) atoms. The Labute approximate surface area is 189 Å². The summed E-state index contributed by atoms with van der Waals surface area (Å²) in [6.07, 6.45) is 0.0308. The molecule has 0 bridgehead atoms. The topological polar surface area (TPSA) is 94.8 Å². The number of ether oxygens (including phenoxy) is 1. The van der Waals surface area contributed by atoms with Crippen molar-refractivity contribution in [3.8, 4) is 0 Å². The van der Waals surface area contributed by atoms with Crippen LogP contribution in [0.15, 0.2) is 52.4 Å². The normalized spacial score (nSPS) is 12.3. The minimum atomic E-state index is -3.50. The number of hydrogen-bond donors (Lipinski definition) is 0. The standard InChI is InChI=1S/C22H23FN2O5S2/c1-3-30-21(27)14-25-18-11-8-16(23)13-19(18)31-22(25)24-20(26)5-4-12-32(28,29)17-9-6-15(2)7-10-17/h6-11,13H,3-5,12,14H2,1-2H3. The van der Waals surface area contributed by atoms with E-state index in [1.54, 1.807) is 31.2 Å². The van der Waals surface area contributed by atoms with Crippen LogP contribution in [0.3, 0.4) is 0 Å². The summed E-state index contributed by atoms with van der Waals surface area (Å²) in [5.74, 6) is -1.65. The number of amides is 1. The number of hydrogen-bond acceptors (Lipinski definition) is 6. The number of aryl methyl sites for hydroxylation is 1. The van der Waals surface area contributed by atoms with Gasteiger partial charge >= 0.3 is 5.97 Å². The highest BCUT2D eigenvalue weighted by Gasteiger charge is 2.16. The van der Waals surface area contributed by atoms with E-state index >= 15 is 0 Å². The van der Waals surface area contributed by atoms with Crippen molar-refractivity contribution < 1.29 is 27.1 Å². The molecule has 0 N–H and O–H groups in total. The van der Waals surface area contributed by atoms with Crippen LogP contribution in [0.4, 0.5) is 4.39 Å². The fraction of sp³-hybridized carbons (Fsp3) is 0.318. The van der Waals surface area contributed by atoms with Crippen LogP contribution >= 0.6 is 11.3 Å². The van der Waals surface area contributed by atoms with Gasteiger partial charge in [0, 0.05) is 6.42 Å². The van der Waals surface area contributed by atoms with Gasteiger partial charge < -0.3 is 9.30 Å². The van der Waals surface area contributed by atoms with Gasteiger partial charge in [-0.3, -0.25) is 9.59 Å². The molecular formula is C22H23FN2O5S2. The summed E-state index contributed by atoms with van der Waals surface area (Å²) in [6, 6.07) is 10.6.